The summed E-state index contributed by atoms with van der Waals surface area (Å²) in [6, 6.07) is 0. The minimum Gasteiger partial charge on any atom is -0.330 e. The van der Waals surface area contributed by atoms with Gasteiger partial charge in [-0.25, -0.2) is 0 Å². The zero-order chi connectivity index (χ0) is 13.4. The molecule has 0 saturated heterocycles. The lowest BCUT2D eigenvalue weighted by molar-refractivity contribution is 0.0751. The minimum absolute atomic E-state index is 0.464. The van der Waals surface area contributed by atoms with Crippen molar-refractivity contribution in [1.29, 1.82) is 0 Å². The fourth-order valence-corrected chi connectivity index (χ4v) is 2.98. The Labute approximate surface area is 114 Å². The molecule has 0 aliphatic heterocycles. The Hall–Kier alpha value is -0.120. The highest BCUT2D eigenvalue weighted by atomic mass is 15.1. The van der Waals surface area contributed by atoms with Crippen molar-refractivity contribution < 1.29 is 0 Å². The predicted octanol–water partition coefficient (Wildman–Crippen LogP) is 2.17. The smallest absolute Gasteiger partial charge is 0.00500 e. The van der Waals surface area contributed by atoms with Crippen molar-refractivity contribution in [3.8, 4) is 0 Å². The summed E-state index contributed by atoms with van der Waals surface area (Å²) in [7, 11) is 0. The maximum atomic E-state index is 5.96. The van der Waals surface area contributed by atoms with E-state index in [1.54, 1.807) is 0 Å². The van der Waals surface area contributed by atoms with E-state index in [-0.39, 0.29) is 0 Å². The maximum absolute atomic E-state index is 5.96. The van der Waals surface area contributed by atoms with Gasteiger partial charge in [0.2, 0.25) is 0 Å². The molecule has 1 aliphatic rings. The lowest BCUT2D eigenvalue weighted by Gasteiger charge is -2.44. The molecule has 2 N–H and O–H groups in total. The molecule has 1 rings (SSSR count). The van der Waals surface area contributed by atoms with Gasteiger partial charge in [-0.2, -0.15) is 0 Å². The Kier molecular flexibility index (Phi) is 7.20. The standard InChI is InChI=1S/C15H33N3/c1-4-17(5-2)11-8-12-18(6-3)14-15(13-16)9-7-10-15/h4-14,16H2,1-3H3. The third-order valence-electron chi connectivity index (χ3n) is 4.70. The third-order valence-corrected chi connectivity index (χ3v) is 4.70. The first-order valence-corrected chi connectivity index (χ1v) is 7.84. The van der Waals surface area contributed by atoms with Crippen molar-refractivity contribution in [2.24, 2.45) is 11.1 Å². The molecule has 3 nitrogen and oxygen atoms in total. The maximum Gasteiger partial charge on any atom is 0.00500 e. The molecule has 1 fully saturated rings. The van der Waals surface area contributed by atoms with Crippen molar-refractivity contribution >= 4 is 0 Å². The van der Waals surface area contributed by atoms with Gasteiger partial charge in [-0.1, -0.05) is 27.2 Å². The van der Waals surface area contributed by atoms with Gasteiger partial charge in [0.25, 0.3) is 0 Å². The lowest BCUT2D eigenvalue weighted by Crippen LogP contribution is -2.47. The number of hydrogen-bond donors (Lipinski definition) is 1. The second kappa shape index (κ2) is 8.13. The van der Waals surface area contributed by atoms with Crippen molar-refractivity contribution in [2.45, 2.75) is 46.5 Å². The Bertz CT molecular complexity index is 204. The average molecular weight is 255 g/mol. The molecular weight excluding hydrogens is 222 g/mol. The highest BCUT2D eigenvalue weighted by Gasteiger charge is 2.36. The number of nitrogens with two attached hydrogens (primary N) is 1. The first-order chi connectivity index (χ1) is 8.69. The van der Waals surface area contributed by atoms with Gasteiger partial charge in [0, 0.05) is 6.54 Å². The van der Waals surface area contributed by atoms with Crippen LogP contribution >= 0.6 is 0 Å². The highest BCUT2D eigenvalue weighted by Crippen LogP contribution is 2.40. The van der Waals surface area contributed by atoms with Crippen LogP contribution in [0.5, 0.6) is 0 Å². The van der Waals surface area contributed by atoms with Crippen LogP contribution in [0.15, 0.2) is 0 Å². The highest BCUT2D eigenvalue weighted by molar-refractivity contribution is 4.91. The van der Waals surface area contributed by atoms with E-state index in [0.29, 0.717) is 5.41 Å². The fourth-order valence-electron chi connectivity index (χ4n) is 2.98. The molecule has 0 spiro atoms. The van der Waals surface area contributed by atoms with Crippen molar-refractivity contribution in [1.82, 2.24) is 9.80 Å². The van der Waals surface area contributed by atoms with Crippen LogP contribution in [0.3, 0.4) is 0 Å². The molecule has 18 heavy (non-hydrogen) atoms. The Morgan fingerprint density at radius 1 is 0.944 bits per heavy atom. The quantitative estimate of drug-likeness (QED) is 0.649. The normalized spacial score (nSPS) is 18.3. The van der Waals surface area contributed by atoms with E-state index in [2.05, 4.69) is 30.6 Å². The molecule has 0 amide bonds. The van der Waals surface area contributed by atoms with Gasteiger partial charge in [0.1, 0.15) is 0 Å². The van der Waals surface area contributed by atoms with Crippen LogP contribution in [0, 0.1) is 5.41 Å². The van der Waals surface area contributed by atoms with E-state index in [9.17, 15) is 0 Å². The van der Waals surface area contributed by atoms with Crippen LogP contribution in [-0.2, 0) is 0 Å². The Morgan fingerprint density at radius 2 is 1.50 bits per heavy atom. The molecule has 0 aromatic heterocycles. The molecule has 0 radical (unpaired) electrons. The van der Waals surface area contributed by atoms with E-state index in [1.165, 1.54) is 65.0 Å². The molecule has 1 aliphatic carbocycles. The van der Waals surface area contributed by atoms with Gasteiger partial charge in [-0.05, 0) is 63.9 Å². The Balaban J connectivity index is 2.25. The van der Waals surface area contributed by atoms with Gasteiger partial charge in [0.15, 0.2) is 0 Å². The Morgan fingerprint density at radius 3 is 1.89 bits per heavy atom. The summed E-state index contributed by atoms with van der Waals surface area (Å²) in [5, 5.41) is 0. The lowest BCUT2D eigenvalue weighted by atomic mass is 9.68. The van der Waals surface area contributed by atoms with E-state index in [1.807, 2.05) is 0 Å². The summed E-state index contributed by atoms with van der Waals surface area (Å²) in [4.78, 5) is 5.12. The van der Waals surface area contributed by atoms with Crippen LogP contribution in [0.25, 0.3) is 0 Å². The SMILES string of the molecule is CCN(CC)CCCN(CC)CC1(CN)CCC1. The summed E-state index contributed by atoms with van der Waals surface area (Å²) in [6.07, 6.45) is 5.36. The molecule has 1 saturated carbocycles. The molecule has 0 heterocycles. The van der Waals surface area contributed by atoms with E-state index in [0.717, 1.165) is 6.54 Å². The van der Waals surface area contributed by atoms with E-state index < -0.39 is 0 Å². The first-order valence-electron chi connectivity index (χ1n) is 7.84. The zero-order valence-electron chi connectivity index (χ0n) is 12.7. The molecular formula is C15H33N3. The van der Waals surface area contributed by atoms with Gasteiger partial charge in [0.05, 0.1) is 0 Å². The first kappa shape index (κ1) is 15.9. The second-order valence-electron chi connectivity index (χ2n) is 5.81. The molecule has 108 valence electrons. The summed E-state index contributed by atoms with van der Waals surface area (Å²) in [5.41, 5.74) is 6.42. The molecule has 0 bridgehead atoms. The molecule has 0 unspecified atom stereocenters. The van der Waals surface area contributed by atoms with Crippen LogP contribution in [0.4, 0.5) is 0 Å². The van der Waals surface area contributed by atoms with E-state index in [4.69, 9.17) is 5.73 Å². The molecule has 0 aromatic rings. The average Bonchev–Trinajstić information content (AvgIpc) is 2.36. The van der Waals surface area contributed by atoms with Crippen LogP contribution in [0.1, 0.15) is 46.5 Å². The zero-order valence-corrected chi connectivity index (χ0v) is 12.7. The topological polar surface area (TPSA) is 32.5 Å². The van der Waals surface area contributed by atoms with Crippen LogP contribution in [0.2, 0.25) is 0 Å². The summed E-state index contributed by atoms with van der Waals surface area (Å²) in [6.45, 7) is 14.9. The molecule has 3 heteroatoms. The number of rotatable bonds is 10. The van der Waals surface area contributed by atoms with Gasteiger partial charge < -0.3 is 15.5 Å². The van der Waals surface area contributed by atoms with E-state index >= 15 is 0 Å². The monoisotopic (exact) mass is 255 g/mol. The minimum atomic E-state index is 0.464. The van der Waals surface area contributed by atoms with Crippen molar-refractivity contribution in [3.63, 3.8) is 0 Å². The third kappa shape index (κ3) is 4.52. The summed E-state index contributed by atoms with van der Waals surface area (Å²) >= 11 is 0. The summed E-state index contributed by atoms with van der Waals surface area (Å²) in [5.74, 6) is 0. The van der Waals surface area contributed by atoms with Gasteiger partial charge in [-0.3, -0.25) is 0 Å². The predicted molar refractivity (Wildman–Crippen MR) is 79.9 cm³/mol. The fraction of sp³-hybridized carbons (Fsp3) is 1.00. The van der Waals surface area contributed by atoms with Gasteiger partial charge >= 0.3 is 0 Å². The second-order valence-corrected chi connectivity index (χ2v) is 5.81. The van der Waals surface area contributed by atoms with Gasteiger partial charge in [-0.15, -0.1) is 0 Å². The van der Waals surface area contributed by atoms with Crippen LogP contribution in [-0.4, -0.2) is 55.6 Å². The molecule has 0 atom stereocenters. The number of nitrogens with zero attached hydrogens (tertiary/aromatic N) is 2. The largest absolute Gasteiger partial charge is 0.330 e. The summed E-state index contributed by atoms with van der Waals surface area (Å²) < 4.78 is 0. The van der Waals surface area contributed by atoms with Crippen molar-refractivity contribution in [2.75, 3.05) is 45.8 Å². The van der Waals surface area contributed by atoms with Crippen molar-refractivity contribution in [3.05, 3.63) is 0 Å². The number of hydrogen-bond acceptors (Lipinski definition) is 3. The molecule has 0 aromatic carbocycles. The van der Waals surface area contributed by atoms with Crippen LogP contribution < -0.4 is 5.73 Å².